The van der Waals surface area contributed by atoms with Crippen LogP contribution in [0.25, 0.3) is 0 Å². The van der Waals surface area contributed by atoms with Gasteiger partial charge in [-0.15, -0.1) is 0 Å². The second-order valence-electron chi connectivity index (χ2n) is 5.60. The fourth-order valence-corrected chi connectivity index (χ4v) is 5.94. The monoisotopic (exact) mass is 301 g/mol. The van der Waals surface area contributed by atoms with Crippen molar-refractivity contribution in [3.8, 4) is 0 Å². The van der Waals surface area contributed by atoms with Crippen LogP contribution in [0, 0.1) is 17.8 Å². The van der Waals surface area contributed by atoms with E-state index in [9.17, 15) is 23.1 Å². The number of carboxylic acid groups (broad SMARTS) is 1. The Morgan fingerprint density at radius 3 is 2.60 bits per heavy atom. The van der Waals surface area contributed by atoms with Gasteiger partial charge in [-0.1, -0.05) is 25.5 Å². The summed E-state index contributed by atoms with van der Waals surface area (Å²) in [5.41, 5.74) is 5.32. The number of rotatable bonds is 6. The van der Waals surface area contributed by atoms with Gasteiger partial charge in [0.2, 0.25) is 5.91 Å². The number of primary amides is 1. The molecule has 2 bridgehead atoms. The van der Waals surface area contributed by atoms with E-state index in [1.54, 1.807) is 6.08 Å². The minimum absolute atomic E-state index is 0.0450. The van der Waals surface area contributed by atoms with Gasteiger partial charge in [-0.05, 0) is 18.8 Å². The average molecular weight is 301 g/mol. The van der Waals surface area contributed by atoms with E-state index in [4.69, 9.17) is 5.73 Å². The lowest BCUT2D eigenvalue weighted by Gasteiger charge is -2.32. The van der Waals surface area contributed by atoms with Gasteiger partial charge in [0.05, 0.1) is 17.6 Å². The molecule has 1 amide bonds. The maximum Gasteiger partial charge on any atom is 0.307 e. The van der Waals surface area contributed by atoms with E-state index in [2.05, 4.69) is 0 Å². The topological polar surface area (TPSA) is 115 Å². The van der Waals surface area contributed by atoms with E-state index in [0.717, 1.165) is 0 Å². The van der Waals surface area contributed by atoms with Crippen molar-refractivity contribution in [2.24, 2.45) is 23.5 Å². The highest BCUT2D eigenvalue weighted by Crippen LogP contribution is 2.55. The highest BCUT2D eigenvalue weighted by atomic mass is 32.2. The van der Waals surface area contributed by atoms with E-state index in [1.165, 1.54) is 6.08 Å². The number of aliphatic carboxylic acids is 1. The number of nitrogens with two attached hydrogens (primary N) is 1. The Labute approximate surface area is 117 Å². The van der Waals surface area contributed by atoms with Crippen molar-refractivity contribution >= 4 is 21.7 Å². The Morgan fingerprint density at radius 1 is 1.45 bits per heavy atom. The summed E-state index contributed by atoms with van der Waals surface area (Å²) in [7, 11) is -3.60. The molecule has 0 aliphatic heterocycles. The summed E-state index contributed by atoms with van der Waals surface area (Å²) in [6.45, 7) is 1.88. The predicted molar refractivity (Wildman–Crippen MR) is 72.5 cm³/mol. The highest BCUT2D eigenvalue weighted by Gasteiger charge is 2.65. The van der Waals surface area contributed by atoms with Gasteiger partial charge < -0.3 is 10.8 Å². The molecule has 2 rings (SSSR count). The minimum atomic E-state index is -3.60. The smallest absolute Gasteiger partial charge is 0.307 e. The molecule has 0 aromatic carbocycles. The first kappa shape index (κ1) is 15.0. The largest absolute Gasteiger partial charge is 0.481 e. The fraction of sp³-hybridized carbons (Fsp3) is 0.692. The Kier molecular flexibility index (Phi) is 3.66. The summed E-state index contributed by atoms with van der Waals surface area (Å²) < 4.78 is 23.8. The molecule has 2 aliphatic carbocycles. The number of fused-ring (bicyclic) bond motifs is 2. The summed E-state index contributed by atoms with van der Waals surface area (Å²) in [5, 5.41) is 9.27. The fourth-order valence-electron chi connectivity index (χ4n) is 3.51. The molecule has 20 heavy (non-hydrogen) atoms. The zero-order chi connectivity index (χ0) is 15.1. The van der Waals surface area contributed by atoms with E-state index in [1.807, 2.05) is 6.92 Å². The van der Waals surface area contributed by atoms with Crippen molar-refractivity contribution in [1.82, 2.24) is 0 Å². The molecular formula is C13H19NO5S. The molecule has 0 saturated heterocycles. The number of unbranched alkanes of at least 4 members (excludes halogenated alkanes) is 1. The van der Waals surface area contributed by atoms with Gasteiger partial charge in [-0.25, -0.2) is 8.42 Å². The number of carbonyl (C=O) groups excluding carboxylic acids is 1. The van der Waals surface area contributed by atoms with Crippen molar-refractivity contribution in [1.29, 1.82) is 0 Å². The van der Waals surface area contributed by atoms with Crippen molar-refractivity contribution in [2.75, 3.05) is 5.75 Å². The number of hydrogen-bond donors (Lipinski definition) is 2. The zero-order valence-electron chi connectivity index (χ0n) is 11.3. The van der Waals surface area contributed by atoms with Crippen LogP contribution in [-0.4, -0.2) is 35.9 Å². The lowest BCUT2D eigenvalue weighted by atomic mass is 9.82. The second-order valence-corrected chi connectivity index (χ2v) is 8.00. The van der Waals surface area contributed by atoms with Crippen LogP contribution in [0.15, 0.2) is 12.2 Å². The molecule has 0 aromatic rings. The van der Waals surface area contributed by atoms with Crippen molar-refractivity contribution in [3.05, 3.63) is 12.2 Å². The van der Waals surface area contributed by atoms with Gasteiger partial charge in [0.15, 0.2) is 9.84 Å². The first-order chi connectivity index (χ1) is 9.27. The maximum atomic E-state index is 12.6. The molecule has 0 spiro atoms. The maximum absolute atomic E-state index is 12.6. The predicted octanol–water partition coefficient (Wildman–Crippen LogP) is 0.332. The van der Waals surface area contributed by atoms with Gasteiger partial charge in [0.25, 0.3) is 0 Å². The number of allylic oxidation sites excluding steroid dienone is 1. The Morgan fingerprint density at radius 2 is 2.10 bits per heavy atom. The van der Waals surface area contributed by atoms with Crippen molar-refractivity contribution in [2.45, 2.75) is 30.9 Å². The number of hydrogen-bond acceptors (Lipinski definition) is 4. The van der Waals surface area contributed by atoms with Crippen LogP contribution < -0.4 is 5.73 Å². The first-order valence-corrected chi connectivity index (χ1v) is 8.36. The molecule has 7 heteroatoms. The van der Waals surface area contributed by atoms with Gasteiger partial charge in [-0.2, -0.15) is 0 Å². The SMILES string of the molecule is CCCCS(=O)(=O)C12C=CC(C1)C(C(=O)O)C2C(N)=O. The zero-order valence-corrected chi connectivity index (χ0v) is 12.1. The number of carbonyl (C=O) groups is 2. The van der Waals surface area contributed by atoms with Gasteiger partial charge in [0.1, 0.15) is 4.75 Å². The molecule has 0 aromatic heterocycles. The van der Waals surface area contributed by atoms with E-state index in [0.29, 0.717) is 12.8 Å². The van der Waals surface area contributed by atoms with Crippen LogP contribution in [-0.2, 0) is 19.4 Å². The summed E-state index contributed by atoms with van der Waals surface area (Å²) in [6, 6.07) is 0. The van der Waals surface area contributed by atoms with Gasteiger partial charge in [0, 0.05) is 0 Å². The summed E-state index contributed by atoms with van der Waals surface area (Å²) >= 11 is 0. The lowest BCUT2D eigenvalue weighted by Crippen LogP contribution is -2.50. The number of sulfone groups is 1. The third-order valence-corrected chi connectivity index (χ3v) is 7.01. The Balaban J connectivity index is 2.47. The van der Waals surface area contributed by atoms with Crippen molar-refractivity contribution in [3.63, 3.8) is 0 Å². The number of amides is 1. The van der Waals surface area contributed by atoms with Gasteiger partial charge in [-0.3, -0.25) is 9.59 Å². The summed E-state index contributed by atoms with van der Waals surface area (Å²) in [4.78, 5) is 23.0. The molecule has 4 atom stereocenters. The molecule has 3 N–H and O–H groups in total. The highest BCUT2D eigenvalue weighted by molar-refractivity contribution is 7.93. The van der Waals surface area contributed by atoms with Crippen LogP contribution in [0.2, 0.25) is 0 Å². The molecule has 0 radical (unpaired) electrons. The summed E-state index contributed by atoms with van der Waals surface area (Å²) in [5.74, 6) is -4.68. The molecule has 1 fully saturated rings. The Hall–Kier alpha value is -1.37. The van der Waals surface area contributed by atoms with Gasteiger partial charge >= 0.3 is 5.97 Å². The Bertz CT molecular complexity index is 567. The molecule has 4 unspecified atom stereocenters. The van der Waals surface area contributed by atoms with Crippen LogP contribution >= 0.6 is 0 Å². The van der Waals surface area contributed by atoms with Crippen LogP contribution in [0.5, 0.6) is 0 Å². The van der Waals surface area contributed by atoms with E-state index < -0.39 is 44.2 Å². The standard InChI is InChI=1S/C13H19NO5S/c1-2-3-6-20(18,19)13-5-4-8(7-13)9(12(16)17)10(13)11(14)15/h4-5,8-10H,2-3,6-7H2,1H3,(H2,14,15)(H,16,17). The molecule has 0 heterocycles. The van der Waals surface area contributed by atoms with Crippen molar-refractivity contribution < 1.29 is 23.1 Å². The number of carboxylic acids is 1. The normalized spacial score (nSPS) is 35.4. The molecular weight excluding hydrogens is 282 g/mol. The van der Waals surface area contributed by atoms with Crippen LogP contribution in [0.4, 0.5) is 0 Å². The first-order valence-electron chi connectivity index (χ1n) is 6.70. The van der Waals surface area contributed by atoms with E-state index in [-0.39, 0.29) is 12.2 Å². The third-order valence-electron chi connectivity index (χ3n) is 4.46. The second kappa shape index (κ2) is 4.87. The summed E-state index contributed by atoms with van der Waals surface area (Å²) in [6.07, 6.45) is 4.47. The molecule has 1 saturated carbocycles. The average Bonchev–Trinajstić information content (AvgIpc) is 2.93. The third kappa shape index (κ3) is 1.95. The molecule has 6 nitrogen and oxygen atoms in total. The van der Waals surface area contributed by atoms with Crippen LogP contribution in [0.3, 0.4) is 0 Å². The minimum Gasteiger partial charge on any atom is -0.481 e. The molecule has 112 valence electrons. The van der Waals surface area contributed by atoms with E-state index >= 15 is 0 Å². The van der Waals surface area contributed by atoms with Crippen LogP contribution in [0.1, 0.15) is 26.2 Å². The molecule has 2 aliphatic rings. The quantitative estimate of drug-likeness (QED) is 0.686. The lowest BCUT2D eigenvalue weighted by molar-refractivity contribution is -0.147.